The van der Waals surface area contributed by atoms with Crippen molar-refractivity contribution in [2.75, 3.05) is 26.4 Å². The van der Waals surface area contributed by atoms with E-state index in [0.717, 1.165) is 16.3 Å². The number of carbonyl (C=O) groups is 1. The number of aliphatic hydroxyl groups excluding tert-OH is 1. The van der Waals surface area contributed by atoms with Gasteiger partial charge in [-0.25, -0.2) is 4.98 Å². The molecular weight excluding hydrogens is 266 g/mol. The highest BCUT2D eigenvalue weighted by atomic mass is 32.1. The molecule has 0 radical (unpaired) electrons. The average Bonchev–Trinajstić information content (AvgIpc) is 2.90. The smallest absolute Gasteiger partial charge is 0.226 e. The maximum absolute atomic E-state index is 11.7. The van der Waals surface area contributed by atoms with Crippen LogP contribution >= 0.6 is 11.3 Å². The molecule has 0 saturated carbocycles. The lowest BCUT2D eigenvalue weighted by atomic mass is 10.3. The summed E-state index contributed by atoms with van der Waals surface area (Å²) >= 11 is 1.53. The normalized spacial score (nSPS) is 11.1. The number of amides is 1. The number of nitrogens with one attached hydrogen (secondary N) is 1. The first kappa shape index (κ1) is 14.0. The molecule has 6 nitrogen and oxygen atoms in total. The molecule has 104 valence electrons. The summed E-state index contributed by atoms with van der Waals surface area (Å²) in [7, 11) is 0. The second-order valence-electron chi connectivity index (χ2n) is 4.12. The van der Waals surface area contributed by atoms with Gasteiger partial charge in [0.25, 0.3) is 0 Å². The van der Waals surface area contributed by atoms with Crippen LogP contribution in [0.3, 0.4) is 0 Å². The van der Waals surface area contributed by atoms with Crippen molar-refractivity contribution in [3.8, 4) is 0 Å². The molecule has 0 aliphatic carbocycles. The third-order valence-electron chi connectivity index (χ3n) is 2.55. The van der Waals surface area contributed by atoms with Crippen molar-refractivity contribution in [1.82, 2.24) is 14.7 Å². The fraction of sp³-hybridized carbons (Fsp3) is 0.500. The number of ether oxygens (including phenoxy) is 1. The number of aryl methyl sites for hydroxylation is 1. The molecule has 0 bridgehead atoms. The topological polar surface area (TPSA) is 75.9 Å². The Morgan fingerprint density at radius 2 is 2.42 bits per heavy atom. The van der Waals surface area contributed by atoms with Gasteiger partial charge in [-0.3, -0.25) is 9.20 Å². The predicted molar refractivity (Wildman–Crippen MR) is 72.4 cm³/mol. The third kappa shape index (κ3) is 3.76. The van der Waals surface area contributed by atoms with Gasteiger partial charge in [-0.1, -0.05) is 0 Å². The Hall–Kier alpha value is -1.44. The first-order valence-corrected chi connectivity index (χ1v) is 6.96. The minimum Gasteiger partial charge on any atom is -0.394 e. The quantitative estimate of drug-likeness (QED) is 0.720. The van der Waals surface area contributed by atoms with Crippen LogP contribution in [0.1, 0.15) is 11.4 Å². The van der Waals surface area contributed by atoms with Crippen molar-refractivity contribution < 1.29 is 14.6 Å². The standard InChI is InChI=1S/C12H17N3O3S/c1-9-7-15-10(8-19-12(15)14-9)6-11(17)13-2-4-18-5-3-16/h7-8,16H,2-6H2,1H3,(H,13,17). The van der Waals surface area contributed by atoms with Gasteiger partial charge in [0.2, 0.25) is 5.91 Å². The number of fused-ring (bicyclic) bond motifs is 1. The Morgan fingerprint density at radius 3 is 3.21 bits per heavy atom. The molecule has 7 heteroatoms. The summed E-state index contributed by atoms with van der Waals surface area (Å²) in [6.07, 6.45) is 2.26. The molecule has 2 aromatic heterocycles. The summed E-state index contributed by atoms with van der Waals surface area (Å²) in [5.74, 6) is -0.0429. The Labute approximate surface area is 115 Å². The summed E-state index contributed by atoms with van der Waals surface area (Å²) in [5, 5.41) is 13.3. The van der Waals surface area contributed by atoms with E-state index in [4.69, 9.17) is 9.84 Å². The van der Waals surface area contributed by atoms with E-state index in [1.54, 1.807) is 0 Å². The molecule has 0 aliphatic rings. The van der Waals surface area contributed by atoms with E-state index in [9.17, 15) is 4.79 Å². The zero-order valence-corrected chi connectivity index (χ0v) is 11.6. The lowest BCUT2D eigenvalue weighted by molar-refractivity contribution is -0.120. The molecule has 0 saturated heterocycles. The SMILES string of the molecule is Cc1cn2c(CC(=O)NCCOCCO)csc2n1. The maximum atomic E-state index is 11.7. The summed E-state index contributed by atoms with van der Waals surface area (Å²) in [6.45, 7) is 3.10. The highest BCUT2D eigenvalue weighted by Gasteiger charge is 2.09. The predicted octanol–water partition coefficient (Wildman–Crippen LogP) is 0.372. The van der Waals surface area contributed by atoms with Gasteiger partial charge >= 0.3 is 0 Å². The first-order valence-electron chi connectivity index (χ1n) is 6.08. The third-order valence-corrected chi connectivity index (χ3v) is 3.44. The lowest BCUT2D eigenvalue weighted by Gasteiger charge is -2.05. The van der Waals surface area contributed by atoms with Crippen molar-refractivity contribution in [2.24, 2.45) is 0 Å². The fourth-order valence-corrected chi connectivity index (χ4v) is 2.64. The molecule has 0 spiro atoms. The number of aromatic nitrogens is 2. The van der Waals surface area contributed by atoms with E-state index < -0.39 is 0 Å². The van der Waals surface area contributed by atoms with Crippen molar-refractivity contribution in [3.05, 3.63) is 23.0 Å². The van der Waals surface area contributed by atoms with Crippen LogP contribution in [0.15, 0.2) is 11.6 Å². The molecule has 0 aromatic carbocycles. The van der Waals surface area contributed by atoms with E-state index in [1.807, 2.05) is 22.9 Å². The number of rotatable bonds is 7. The highest BCUT2D eigenvalue weighted by Crippen LogP contribution is 2.16. The largest absolute Gasteiger partial charge is 0.394 e. The molecule has 0 atom stereocenters. The molecule has 2 N–H and O–H groups in total. The highest BCUT2D eigenvalue weighted by molar-refractivity contribution is 7.15. The van der Waals surface area contributed by atoms with Crippen LogP contribution < -0.4 is 5.32 Å². The number of nitrogens with zero attached hydrogens (tertiary/aromatic N) is 2. The number of hydrogen-bond donors (Lipinski definition) is 2. The molecule has 0 fully saturated rings. The number of aliphatic hydroxyl groups is 1. The Kier molecular flexibility index (Phi) is 4.89. The number of hydrogen-bond acceptors (Lipinski definition) is 5. The van der Waals surface area contributed by atoms with Gasteiger partial charge in [0.15, 0.2) is 4.96 Å². The lowest BCUT2D eigenvalue weighted by Crippen LogP contribution is -2.29. The van der Waals surface area contributed by atoms with Crippen LogP contribution in [0, 0.1) is 6.92 Å². The molecule has 2 rings (SSSR count). The van der Waals surface area contributed by atoms with Gasteiger partial charge in [-0.15, -0.1) is 11.3 Å². The summed E-state index contributed by atoms with van der Waals surface area (Å²) in [4.78, 5) is 17.0. The second-order valence-corrected chi connectivity index (χ2v) is 4.96. The molecule has 0 aliphatic heterocycles. The van der Waals surface area contributed by atoms with Gasteiger partial charge in [0, 0.05) is 23.8 Å². The van der Waals surface area contributed by atoms with Crippen LogP contribution in [0.25, 0.3) is 4.96 Å². The average molecular weight is 283 g/mol. The van der Waals surface area contributed by atoms with Crippen molar-refractivity contribution in [2.45, 2.75) is 13.3 Å². The van der Waals surface area contributed by atoms with E-state index in [1.165, 1.54) is 11.3 Å². The van der Waals surface area contributed by atoms with Crippen LogP contribution in [-0.2, 0) is 16.0 Å². The molecular formula is C12H17N3O3S. The van der Waals surface area contributed by atoms with Gasteiger partial charge in [0.05, 0.1) is 31.9 Å². The van der Waals surface area contributed by atoms with Crippen LogP contribution in [0.4, 0.5) is 0 Å². The van der Waals surface area contributed by atoms with Gasteiger partial charge in [0.1, 0.15) is 0 Å². The first-order chi connectivity index (χ1) is 9.20. The minimum atomic E-state index is -0.0429. The van der Waals surface area contributed by atoms with E-state index in [2.05, 4.69) is 10.3 Å². The van der Waals surface area contributed by atoms with Crippen molar-refractivity contribution in [3.63, 3.8) is 0 Å². The van der Waals surface area contributed by atoms with Crippen molar-refractivity contribution in [1.29, 1.82) is 0 Å². The summed E-state index contributed by atoms with van der Waals surface area (Å²) < 4.78 is 7.01. The van der Waals surface area contributed by atoms with Crippen molar-refractivity contribution >= 4 is 22.2 Å². The van der Waals surface area contributed by atoms with Crippen LogP contribution in [0.5, 0.6) is 0 Å². The zero-order valence-electron chi connectivity index (χ0n) is 10.8. The van der Waals surface area contributed by atoms with Gasteiger partial charge in [-0.05, 0) is 6.92 Å². The van der Waals surface area contributed by atoms with E-state index in [0.29, 0.717) is 26.2 Å². The Bertz CT molecular complexity index is 549. The van der Waals surface area contributed by atoms with Crippen LogP contribution in [-0.4, -0.2) is 46.8 Å². The molecule has 1 amide bonds. The van der Waals surface area contributed by atoms with Gasteiger partial charge < -0.3 is 15.2 Å². The second kappa shape index (κ2) is 6.65. The number of thiazole rings is 1. The number of carbonyl (C=O) groups excluding carboxylic acids is 1. The minimum absolute atomic E-state index is 0.000806. The Morgan fingerprint density at radius 1 is 1.58 bits per heavy atom. The Balaban J connectivity index is 1.81. The fourth-order valence-electron chi connectivity index (χ4n) is 1.73. The van der Waals surface area contributed by atoms with E-state index in [-0.39, 0.29) is 12.5 Å². The summed E-state index contributed by atoms with van der Waals surface area (Å²) in [6, 6.07) is 0. The summed E-state index contributed by atoms with van der Waals surface area (Å²) in [5.41, 5.74) is 1.89. The monoisotopic (exact) mass is 283 g/mol. The molecule has 2 aromatic rings. The van der Waals surface area contributed by atoms with Gasteiger partial charge in [-0.2, -0.15) is 0 Å². The number of imidazole rings is 1. The molecule has 2 heterocycles. The molecule has 0 unspecified atom stereocenters. The van der Waals surface area contributed by atoms with E-state index >= 15 is 0 Å². The van der Waals surface area contributed by atoms with Crippen LogP contribution in [0.2, 0.25) is 0 Å². The maximum Gasteiger partial charge on any atom is 0.226 e. The molecule has 19 heavy (non-hydrogen) atoms. The zero-order chi connectivity index (χ0) is 13.7.